The van der Waals surface area contributed by atoms with Gasteiger partial charge < -0.3 is 40.1 Å². The van der Waals surface area contributed by atoms with E-state index in [2.05, 4.69) is 0 Å². The Bertz CT molecular complexity index is 827. The molecule has 1 heterocycles. The summed E-state index contributed by atoms with van der Waals surface area (Å²) in [6.45, 7) is 0.597. The zero-order chi connectivity index (χ0) is 20.0. The van der Waals surface area contributed by atoms with Crippen molar-refractivity contribution in [2.75, 3.05) is 6.61 Å². The van der Waals surface area contributed by atoms with E-state index in [0.29, 0.717) is 0 Å². The third-order valence-electron chi connectivity index (χ3n) is 4.62. The van der Waals surface area contributed by atoms with Gasteiger partial charge >= 0.3 is 0 Å². The zero-order valence-corrected chi connectivity index (χ0v) is 14.1. The van der Waals surface area contributed by atoms with E-state index in [1.807, 2.05) is 0 Å². The van der Waals surface area contributed by atoms with Gasteiger partial charge in [0.15, 0.2) is 11.5 Å². The predicted molar refractivity (Wildman–Crippen MR) is 87.1 cm³/mol. The van der Waals surface area contributed by atoms with Crippen LogP contribution < -0.4 is 4.74 Å². The van der Waals surface area contributed by atoms with Crippen molar-refractivity contribution < 1.29 is 49.7 Å². The van der Waals surface area contributed by atoms with Crippen molar-refractivity contribution in [1.82, 2.24) is 0 Å². The van der Waals surface area contributed by atoms with E-state index >= 15 is 0 Å². The van der Waals surface area contributed by atoms with Gasteiger partial charge in [-0.25, -0.2) is 0 Å². The standard InChI is InChI=1S/C17H18O10/c1-5-10(19)6-2-3-7(12(21)9(6)14(23)11(5)20)26-17-16(25)15(24)13(22)8(4-18)27-17/h2-3,8,13,15-19,21-22,24-25H,4H2,1H3/t8?,13-,15?,16+,17+/m0/s1. The second-order valence-corrected chi connectivity index (χ2v) is 6.28. The highest BCUT2D eigenvalue weighted by molar-refractivity contribution is 6.52. The fourth-order valence-electron chi connectivity index (χ4n) is 2.98. The second kappa shape index (κ2) is 6.91. The summed E-state index contributed by atoms with van der Waals surface area (Å²) in [5, 5.41) is 59.1. The van der Waals surface area contributed by atoms with Crippen LogP contribution >= 0.6 is 0 Å². The van der Waals surface area contributed by atoms with Crippen LogP contribution in [0.3, 0.4) is 0 Å². The molecule has 0 saturated carbocycles. The highest BCUT2D eigenvalue weighted by atomic mass is 16.7. The van der Waals surface area contributed by atoms with Gasteiger partial charge in [0.1, 0.15) is 30.2 Å². The van der Waals surface area contributed by atoms with Gasteiger partial charge in [-0.2, -0.15) is 0 Å². The maximum Gasteiger partial charge on any atom is 0.237 e. The lowest BCUT2D eigenvalue weighted by atomic mass is 9.88. The first-order valence-electron chi connectivity index (χ1n) is 8.01. The van der Waals surface area contributed by atoms with Crippen molar-refractivity contribution in [3.8, 4) is 11.5 Å². The lowest BCUT2D eigenvalue weighted by Crippen LogP contribution is -2.60. The Morgan fingerprint density at radius 2 is 1.70 bits per heavy atom. The summed E-state index contributed by atoms with van der Waals surface area (Å²) in [5.74, 6) is -3.62. The Morgan fingerprint density at radius 1 is 1.04 bits per heavy atom. The molecule has 1 aliphatic heterocycles. The number of aliphatic hydroxyl groups excluding tert-OH is 5. The molecule has 5 atom stereocenters. The lowest BCUT2D eigenvalue weighted by Gasteiger charge is -2.39. The van der Waals surface area contributed by atoms with Gasteiger partial charge in [0.2, 0.25) is 17.9 Å². The number of hydrogen-bond acceptors (Lipinski definition) is 10. The number of Topliss-reactive ketones (excluding diaryl/α,β-unsaturated/α-hetero) is 2. The molecule has 1 saturated heterocycles. The SMILES string of the molecule is CC1=C(O)c2ccc(O[C@@H]3OC(CO)[C@H](O)C(O)[C@H]3O)c(O)c2C(=O)C1=O. The van der Waals surface area contributed by atoms with Crippen LogP contribution in [-0.2, 0) is 9.53 Å². The van der Waals surface area contributed by atoms with Gasteiger partial charge in [-0.05, 0) is 19.1 Å². The van der Waals surface area contributed by atoms with Crippen molar-refractivity contribution in [1.29, 1.82) is 0 Å². The van der Waals surface area contributed by atoms with E-state index < -0.39 is 66.0 Å². The molecule has 6 N–H and O–H groups in total. The number of allylic oxidation sites excluding steroid dienone is 1. The minimum Gasteiger partial charge on any atom is -0.507 e. The van der Waals surface area contributed by atoms with E-state index in [1.165, 1.54) is 19.1 Å². The highest BCUT2D eigenvalue weighted by Gasteiger charge is 2.45. The minimum atomic E-state index is -1.73. The minimum absolute atomic E-state index is 0.0595. The molecule has 0 bridgehead atoms. The molecule has 1 aliphatic carbocycles. The molecule has 0 radical (unpaired) electrons. The van der Waals surface area contributed by atoms with Crippen LogP contribution in [0.5, 0.6) is 11.5 Å². The number of rotatable bonds is 3. The normalized spacial score (nSPS) is 31.1. The summed E-state index contributed by atoms with van der Waals surface area (Å²) in [6.07, 6.45) is -7.84. The predicted octanol–water partition coefficient (Wildman–Crippen LogP) is -1.37. The third-order valence-corrected chi connectivity index (χ3v) is 4.62. The Morgan fingerprint density at radius 3 is 2.33 bits per heavy atom. The molecule has 10 heteroatoms. The summed E-state index contributed by atoms with van der Waals surface area (Å²) in [6, 6.07) is 2.40. The molecule has 0 amide bonds. The van der Waals surface area contributed by atoms with Gasteiger partial charge in [0, 0.05) is 11.1 Å². The molecule has 0 aromatic heterocycles. The fraction of sp³-hybridized carbons (Fsp3) is 0.412. The molecule has 3 rings (SSSR count). The highest BCUT2D eigenvalue weighted by Crippen LogP contribution is 2.40. The second-order valence-electron chi connectivity index (χ2n) is 6.28. The molecule has 2 unspecified atom stereocenters. The van der Waals surface area contributed by atoms with Crippen molar-refractivity contribution >= 4 is 17.3 Å². The van der Waals surface area contributed by atoms with Gasteiger partial charge in [-0.1, -0.05) is 0 Å². The van der Waals surface area contributed by atoms with Crippen LogP contribution in [0.4, 0.5) is 0 Å². The van der Waals surface area contributed by atoms with Gasteiger partial charge in [-0.3, -0.25) is 9.59 Å². The summed E-state index contributed by atoms with van der Waals surface area (Å²) in [7, 11) is 0. The summed E-state index contributed by atoms with van der Waals surface area (Å²) < 4.78 is 10.5. The molecule has 1 aromatic rings. The number of phenolic OH excluding ortho intramolecular Hbond substituents is 1. The maximum absolute atomic E-state index is 12.2. The van der Waals surface area contributed by atoms with Crippen molar-refractivity contribution in [2.45, 2.75) is 37.6 Å². The van der Waals surface area contributed by atoms with Gasteiger partial charge in [0.25, 0.3) is 0 Å². The molecular weight excluding hydrogens is 364 g/mol. The maximum atomic E-state index is 12.2. The topological polar surface area (TPSA) is 174 Å². The largest absolute Gasteiger partial charge is 0.507 e. The average Bonchev–Trinajstić information content (AvgIpc) is 2.66. The smallest absolute Gasteiger partial charge is 0.237 e. The van der Waals surface area contributed by atoms with Crippen LogP contribution in [-0.4, -0.2) is 79.5 Å². The average molecular weight is 382 g/mol. The number of carbonyl (C=O) groups excluding carboxylic acids is 2. The van der Waals surface area contributed by atoms with E-state index in [4.69, 9.17) is 9.47 Å². The van der Waals surface area contributed by atoms with Crippen LogP contribution in [0.15, 0.2) is 17.7 Å². The number of phenols is 1. The molecular formula is C17H18O10. The van der Waals surface area contributed by atoms with E-state index in [1.54, 1.807) is 0 Å². The van der Waals surface area contributed by atoms with Gasteiger partial charge in [0.05, 0.1) is 12.2 Å². The Kier molecular flexibility index (Phi) is 4.93. The van der Waals surface area contributed by atoms with E-state index in [0.717, 1.165) is 0 Å². The van der Waals surface area contributed by atoms with Crippen molar-refractivity contribution in [2.24, 2.45) is 0 Å². The fourth-order valence-corrected chi connectivity index (χ4v) is 2.98. The Labute approximate surface area is 152 Å². The van der Waals surface area contributed by atoms with Crippen LogP contribution in [0.2, 0.25) is 0 Å². The Hall–Kier alpha value is -2.50. The number of benzene rings is 1. The van der Waals surface area contributed by atoms with E-state index in [9.17, 15) is 40.2 Å². The summed E-state index contributed by atoms with van der Waals surface area (Å²) in [4.78, 5) is 24.1. The third kappa shape index (κ3) is 2.97. The number of aromatic hydroxyl groups is 1. The molecule has 27 heavy (non-hydrogen) atoms. The molecule has 2 aliphatic rings. The van der Waals surface area contributed by atoms with Gasteiger partial charge in [-0.15, -0.1) is 0 Å². The van der Waals surface area contributed by atoms with Crippen LogP contribution in [0.25, 0.3) is 5.76 Å². The number of fused-ring (bicyclic) bond motifs is 1. The van der Waals surface area contributed by atoms with Crippen LogP contribution in [0.1, 0.15) is 22.8 Å². The first kappa shape index (κ1) is 19.3. The monoisotopic (exact) mass is 382 g/mol. The number of hydrogen-bond donors (Lipinski definition) is 6. The first-order chi connectivity index (χ1) is 12.7. The van der Waals surface area contributed by atoms with E-state index in [-0.39, 0.29) is 16.9 Å². The number of aliphatic hydroxyl groups is 5. The Balaban J connectivity index is 1.96. The van der Waals surface area contributed by atoms with Crippen molar-refractivity contribution in [3.05, 3.63) is 28.8 Å². The molecule has 10 nitrogen and oxygen atoms in total. The molecule has 0 spiro atoms. The lowest BCUT2D eigenvalue weighted by molar-refractivity contribution is -0.277. The number of ketones is 2. The van der Waals surface area contributed by atoms with Crippen LogP contribution in [0, 0.1) is 0 Å². The summed E-state index contributed by atoms with van der Waals surface area (Å²) in [5.41, 5.74) is -0.685. The quantitative estimate of drug-likeness (QED) is 0.342. The number of ether oxygens (including phenoxy) is 2. The molecule has 146 valence electrons. The van der Waals surface area contributed by atoms with Crippen molar-refractivity contribution in [3.63, 3.8) is 0 Å². The number of carbonyl (C=O) groups is 2. The molecule has 1 aromatic carbocycles. The summed E-state index contributed by atoms with van der Waals surface area (Å²) >= 11 is 0. The zero-order valence-electron chi connectivity index (χ0n) is 14.1. The first-order valence-corrected chi connectivity index (χ1v) is 8.01. The molecule has 1 fully saturated rings.